The van der Waals surface area contributed by atoms with Crippen LogP contribution in [0, 0.1) is 0 Å². The number of carbonyl (C=O) groups excluding carboxylic acids is 2. The monoisotopic (exact) mass is 481 g/mol. The molecule has 1 saturated heterocycles. The second-order valence-corrected chi connectivity index (χ2v) is 11.2. The van der Waals surface area contributed by atoms with E-state index in [1.54, 1.807) is 0 Å². The average Bonchev–Trinajstić information content (AvgIpc) is 3.06. The molecule has 1 fully saturated rings. The summed E-state index contributed by atoms with van der Waals surface area (Å²) in [7, 11) is -5.86. The van der Waals surface area contributed by atoms with Gasteiger partial charge in [-0.25, -0.2) is 16.8 Å². The number of rotatable bonds is 7. The topological polar surface area (TPSA) is 148 Å². The minimum absolute atomic E-state index is 0.0469. The Balaban J connectivity index is 1.74. The van der Waals surface area contributed by atoms with Crippen LogP contribution in [0.1, 0.15) is 23.7 Å². The molecule has 1 aliphatic heterocycles. The van der Waals surface area contributed by atoms with Gasteiger partial charge >= 0.3 is 0 Å². The van der Waals surface area contributed by atoms with Gasteiger partial charge in [0.25, 0.3) is 15.9 Å². The lowest BCUT2D eigenvalue weighted by Gasteiger charge is -2.14. The van der Waals surface area contributed by atoms with Crippen molar-refractivity contribution in [3.8, 4) is 5.75 Å². The summed E-state index contributed by atoms with van der Waals surface area (Å²) in [5.74, 6) is -0.739. The first kappa shape index (κ1) is 23.5. The van der Waals surface area contributed by atoms with Crippen LogP contribution < -0.4 is 20.1 Å². The Bertz CT molecular complexity index is 1240. The molecule has 172 valence electrons. The smallest absolute Gasteiger partial charge is 0.265 e. The fourth-order valence-electron chi connectivity index (χ4n) is 3.25. The Hall–Kier alpha value is -3.12. The van der Waals surface area contributed by atoms with E-state index in [0.29, 0.717) is 12.1 Å². The highest BCUT2D eigenvalue weighted by Gasteiger charge is 2.29. The molecule has 32 heavy (non-hydrogen) atoms. The minimum atomic E-state index is -4.07. The highest BCUT2D eigenvalue weighted by atomic mass is 32.2. The second-order valence-electron chi connectivity index (χ2n) is 7.30. The highest BCUT2D eigenvalue weighted by molar-refractivity contribution is 7.93. The van der Waals surface area contributed by atoms with Crippen molar-refractivity contribution in [1.29, 1.82) is 0 Å². The van der Waals surface area contributed by atoms with Gasteiger partial charge in [-0.2, -0.15) is 0 Å². The lowest BCUT2D eigenvalue weighted by molar-refractivity contribution is -0.114. The van der Waals surface area contributed by atoms with Crippen molar-refractivity contribution in [3.05, 3.63) is 48.0 Å². The van der Waals surface area contributed by atoms with Crippen LogP contribution in [0.2, 0.25) is 0 Å². The third kappa shape index (κ3) is 5.77. The van der Waals surface area contributed by atoms with Gasteiger partial charge in [0.2, 0.25) is 5.91 Å². The molecule has 2 aromatic carbocycles. The summed E-state index contributed by atoms with van der Waals surface area (Å²) < 4.78 is 56.4. The van der Waals surface area contributed by atoms with Crippen LogP contribution in [0.15, 0.2) is 47.4 Å². The van der Waals surface area contributed by atoms with Crippen LogP contribution in [-0.4, -0.2) is 53.3 Å². The summed E-state index contributed by atoms with van der Waals surface area (Å²) in [6.07, 6.45) is 0.366. The molecule has 0 spiro atoms. The van der Waals surface area contributed by atoms with Crippen LogP contribution in [0.5, 0.6) is 5.75 Å². The summed E-state index contributed by atoms with van der Waals surface area (Å²) in [6, 6.07) is 9.49. The largest absolute Gasteiger partial charge is 0.495 e. The fourth-order valence-corrected chi connectivity index (χ4v) is 6.17. The van der Waals surface area contributed by atoms with E-state index >= 15 is 0 Å². The quantitative estimate of drug-likeness (QED) is 0.541. The molecular weight excluding hydrogens is 458 g/mol. The predicted molar refractivity (Wildman–Crippen MR) is 119 cm³/mol. The summed E-state index contributed by atoms with van der Waals surface area (Å²) in [6.45, 7) is 1.31. The molecule has 1 heterocycles. The first-order chi connectivity index (χ1) is 15.0. The van der Waals surface area contributed by atoms with Crippen molar-refractivity contribution < 1.29 is 31.2 Å². The van der Waals surface area contributed by atoms with Crippen LogP contribution in [-0.2, 0) is 24.7 Å². The van der Waals surface area contributed by atoms with E-state index < -0.39 is 31.8 Å². The Kier molecular flexibility index (Phi) is 6.74. The number of ether oxygens (including phenoxy) is 1. The molecule has 0 bridgehead atoms. The van der Waals surface area contributed by atoms with E-state index in [2.05, 4.69) is 15.4 Å². The summed E-state index contributed by atoms with van der Waals surface area (Å²) >= 11 is 0. The number of carbonyl (C=O) groups is 2. The number of hydrogen-bond acceptors (Lipinski definition) is 7. The van der Waals surface area contributed by atoms with E-state index in [1.165, 1.54) is 56.5 Å². The van der Waals surface area contributed by atoms with Gasteiger partial charge in [0, 0.05) is 29.9 Å². The van der Waals surface area contributed by atoms with E-state index in [4.69, 9.17) is 4.74 Å². The van der Waals surface area contributed by atoms with Gasteiger partial charge in [-0.15, -0.1) is 0 Å². The lowest BCUT2D eigenvalue weighted by atomic mass is 10.1. The average molecular weight is 482 g/mol. The summed E-state index contributed by atoms with van der Waals surface area (Å²) in [5.41, 5.74) is 0.763. The molecule has 0 aliphatic carbocycles. The molecule has 3 N–H and O–H groups in total. The maximum absolute atomic E-state index is 12.9. The lowest BCUT2D eigenvalue weighted by Crippen LogP contribution is -2.35. The molecule has 1 atom stereocenters. The first-order valence-corrected chi connectivity index (χ1v) is 12.9. The molecule has 0 radical (unpaired) electrons. The van der Waals surface area contributed by atoms with Gasteiger partial charge in [0.15, 0.2) is 9.84 Å². The molecule has 1 aliphatic rings. The van der Waals surface area contributed by atoms with Crippen molar-refractivity contribution >= 4 is 43.0 Å². The maximum Gasteiger partial charge on any atom is 0.265 e. The zero-order chi connectivity index (χ0) is 23.5. The number of amides is 2. The minimum Gasteiger partial charge on any atom is -0.495 e. The molecule has 0 aromatic heterocycles. The van der Waals surface area contributed by atoms with Crippen molar-refractivity contribution in [1.82, 2.24) is 5.32 Å². The van der Waals surface area contributed by atoms with Gasteiger partial charge in [-0.3, -0.25) is 14.3 Å². The van der Waals surface area contributed by atoms with Crippen LogP contribution in [0.3, 0.4) is 0 Å². The van der Waals surface area contributed by atoms with Gasteiger partial charge < -0.3 is 15.4 Å². The maximum atomic E-state index is 12.9. The number of nitrogens with one attached hydrogen (secondary N) is 3. The molecule has 0 saturated carbocycles. The van der Waals surface area contributed by atoms with Crippen molar-refractivity contribution in [2.24, 2.45) is 0 Å². The molecule has 2 amide bonds. The summed E-state index contributed by atoms with van der Waals surface area (Å²) in [5, 5.41) is 5.19. The van der Waals surface area contributed by atoms with Crippen molar-refractivity contribution in [3.63, 3.8) is 0 Å². The Morgan fingerprint density at radius 3 is 2.28 bits per heavy atom. The van der Waals surface area contributed by atoms with E-state index in [0.717, 1.165) is 0 Å². The van der Waals surface area contributed by atoms with Gasteiger partial charge in [-0.05, 0) is 48.9 Å². The Morgan fingerprint density at radius 2 is 1.72 bits per heavy atom. The number of benzene rings is 2. The highest BCUT2D eigenvalue weighted by Crippen LogP contribution is 2.29. The van der Waals surface area contributed by atoms with Crippen LogP contribution >= 0.6 is 0 Å². The second kappa shape index (κ2) is 9.17. The third-order valence-corrected chi connectivity index (χ3v) is 7.91. The number of hydrogen-bond donors (Lipinski definition) is 3. The van der Waals surface area contributed by atoms with E-state index in [-0.39, 0.29) is 39.3 Å². The zero-order valence-electron chi connectivity index (χ0n) is 17.4. The van der Waals surface area contributed by atoms with Crippen molar-refractivity contribution in [2.45, 2.75) is 24.3 Å². The molecule has 10 nitrogen and oxygen atoms in total. The summed E-state index contributed by atoms with van der Waals surface area (Å²) in [4.78, 5) is 23.4. The first-order valence-electron chi connectivity index (χ1n) is 9.59. The molecule has 0 unspecified atom stereocenters. The normalized spacial score (nSPS) is 17.4. The van der Waals surface area contributed by atoms with E-state index in [1.807, 2.05) is 0 Å². The van der Waals surface area contributed by atoms with Crippen LogP contribution in [0.25, 0.3) is 0 Å². The molecular formula is C20H23N3O7S2. The third-order valence-electron chi connectivity index (χ3n) is 4.74. The molecule has 2 aromatic rings. The van der Waals surface area contributed by atoms with Gasteiger partial charge in [0.1, 0.15) is 10.6 Å². The number of anilines is 2. The standard InChI is InChI=1S/C20H23N3O7S2/c1-13(24)21-16-7-8-18(30-2)19(11-16)32(28,29)23-15-5-3-14(4-6-15)20(25)22-17-9-10-31(26,27)12-17/h3-8,11,17,23H,9-10,12H2,1-2H3,(H,21,24)(H,22,25)/t17-/m1/s1. The fraction of sp³-hybridized carbons (Fsp3) is 0.300. The molecule has 12 heteroatoms. The zero-order valence-corrected chi connectivity index (χ0v) is 19.0. The number of methoxy groups -OCH3 is 1. The Morgan fingerprint density at radius 1 is 1.06 bits per heavy atom. The SMILES string of the molecule is COc1ccc(NC(C)=O)cc1S(=O)(=O)Nc1ccc(C(=O)N[C@@H]2CCS(=O)(=O)C2)cc1. The predicted octanol–water partition coefficient (Wildman–Crippen LogP) is 1.37. The Labute approximate surface area is 186 Å². The van der Waals surface area contributed by atoms with E-state index in [9.17, 15) is 26.4 Å². The van der Waals surface area contributed by atoms with Crippen molar-refractivity contribution in [2.75, 3.05) is 28.7 Å². The van der Waals surface area contributed by atoms with Gasteiger partial charge in [0.05, 0.1) is 18.6 Å². The van der Waals surface area contributed by atoms with Gasteiger partial charge in [-0.1, -0.05) is 0 Å². The number of sulfonamides is 1. The van der Waals surface area contributed by atoms with Crippen LogP contribution in [0.4, 0.5) is 11.4 Å². The molecule has 3 rings (SSSR count). The number of sulfone groups is 1.